The Morgan fingerprint density at radius 1 is 1.47 bits per heavy atom. The Kier molecular flexibility index (Phi) is 4.71. The highest BCUT2D eigenvalue weighted by Crippen LogP contribution is 2.15. The maximum absolute atomic E-state index is 11.7. The molecule has 0 bridgehead atoms. The van der Waals surface area contributed by atoms with Gasteiger partial charge in [-0.2, -0.15) is 0 Å². The summed E-state index contributed by atoms with van der Waals surface area (Å²) in [5.41, 5.74) is 0.567. The largest absolute Gasteiger partial charge is 0.363 e. The Morgan fingerprint density at radius 3 is 2.73 bits per heavy atom. The lowest BCUT2D eigenvalue weighted by atomic mass is 10.2. The predicted octanol–water partition coefficient (Wildman–Crippen LogP) is 2.07. The number of carbonyl (C=O) groups is 1. The van der Waals surface area contributed by atoms with Crippen LogP contribution in [0.4, 0.5) is 0 Å². The number of rotatable bonds is 2. The molecule has 0 aliphatic heterocycles. The molecular formula is C10H11BrN2OS. The van der Waals surface area contributed by atoms with Crippen LogP contribution in [0.1, 0.15) is 17.3 Å². The average Bonchev–Trinajstić information content (AvgIpc) is 2.18. The fourth-order valence-electron chi connectivity index (χ4n) is 1.02. The molecule has 0 saturated heterocycles. The van der Waals surface area contributed by atoms with Crippen molar-refractivity contribution in [2.45, 2.75) is 6.92 Å². The topological polar surface area (TPSA) is 41.1 Å². The molecule has 0 aliphatic carbocycles. The van der Waals surface area contributed by atoms with Crippen molar-refractivity contribution in [3.05, 3.63) is 34.3 Å². The van der Waals surface area contributed by atoms with Crippen LogP contribution in [0, 0.1) is 0 Å². The monoisotopic (exact) mass is 286 g/mol. The number of thiocarbonyl (C=S) groups is 1. The molecule has 0 radical (unpaired) electrons. The van der Waals surface area contributed by atoms with E-state index in [0.29, 0.717) is 17.2 Å². The minimum atomic E-state index is -0.214. The molecule has 15 heavy (non-hydrogen) atoms. The number of hydrogen-bond acceptors (Lipinski definition) is 2. The van der Waals surface area contributed by atoms with Crippen LogP contribution in [-0.2, 0) is 0 Å². The van der Waals surface area contributed by atoms with Crippen molar-refractivity contribution in [2.24, 2.45) is 0 Å². The Bertz CT molecular complexity index is 381. The lowest BCUT2D eigenvalue weighted by molar-refractivity contribution is 0.0976. The zero-order chi connectivity index (χ0) is 11.3. The van der Waals surface area contributed by atoms with E-state index in [9.17, 15) is 4.79 Å². The van der Waals surface area contributed by atoms with Crippen molar-refractivity contribution in [1.82, 2.24) is 10.6 Å². The Balaban J connectivity index is 2.70. The van der Waals surface area contributed by atoms with Crippen LogP contribution in [-0.4, -0.2) is 17.6 Å². The molecule has 0 aliphatic rings. The van der Waals surface area contributed by atoms with E-state index in [0.717, 1.165) is 4.47 Å². The van der Waals surface area contributed by atoms with E-state index in [1.54, 1.807) is 12.1 Å². The number of amides is 1. The molecule has 1 rings (SSSR count). The summed E-state index contributed by atoms with van der Waals surface area (Å²) in [4.78, 5) is 11.7. The molecule has 0 fully saturated rings. The standard InChI is InChI=1S/C10H11BrN2OS/c1-2-12-10(15)13-9(14)7-5-3-4-6-8(7)11/h3-6H,2H2,1H3,(H2,12,13,14,15). The van der Waals surface area contributed by atoms with Crippen LogP contribution in [0.3, 0.4) is 0 Å². The van der Waals surface area contributed by atoms with Crippen molar-refractivity contribution in [2.75, 3.05) is 6.54 Å². The summed E-state index contributed by atoms with van der Waals surface area (Å²) in [6.07, 6.45) is 0. The lowest BCUT2D eigenvalue weighted by Crippen LogP contribution is -2.39. The predicted molar refractivity (Wildman–Crippen MR) is 67.9 cm³/mol. The van der Waals surface area contributed by atoms with Gasteiger partial charge in [0.05, 0.1) is 5.56 Å². The van der Waals surface area contributed by atoms with Gasteiger partial charge >= 0.3 is 0 Å². The highest BCUT2D eigenvalue weighted by molar-refractivity contribution is 9.10. The highest BCUT2D eigenvalue weighted by atomic mass is 79.9. The zero-order valence-electron chi connectivity index (χ0n) is 8.21. The summed E-state index contributed by atoms with van der Waals surface area (Å²) in [5.74, 6) is -0.214. The first-order valence-electron chi connectivity index (χ1n) is 4.49. The smallest absolute Gasteiger partial charge is 0.258 e. The minimum Gasteiger partial charge on any atom is -0.363 e. The first-order chi connectivity index (χ1) is 7.15. The van der Waals surface area contributed by atoms with E-state index in [2.05, 4.69) is 26.6 Å². The molecule has 5 heteroatoms. The molecule has 3 nitrogen and oxygen atoms in total. The molecule has 1 amide bonds. The summed E-state index contributed by atoms with van der Waals surface area (Å²) in [6, 6.07) is 7.19. The second-order valence-electron chi connectivity index (χ2n) is 2.79. The average molecular weight is 287 g/mol. The summed E-state index contributed by atoms with van der Waals surface area (Å²) in [7, 11) is 0. The van der Waals surface area contributed by atoms with E-state index in [1.807, 2.05) is 19.1 Å². The lowest BCUT2D eigenvalue weighted by Gasteiger charge is -2.08. The van der Waals surface area contributed by atoms with E-state index in [1.165, 1.54) is 0 Å². The van der Waals surface area contributed by atoms with Gasteiger partial charge in [0.25, 0.3) is 5.91 Å². The SMILES string of the molecule is CCNC(=S)NC(=O)c1ccccc1Br. The molecule has 0 aromatic heterocycles. The quantitative estimate of drug-likeness (QED) is 0.818. The zero-order valence-corrected chi connectivity index (χ0v) is 10.6. The summed E-state index contributed by atoms with van der Waals surface area (Å²) in [6.45, 7) is 2.60. The number of hydrogen-bond donors (Lipinski definition) is 2. The van der Waals surface area contributed by atoms with Crippen LogP contribution in [0.2, 0.25) is 0 Å². The van der Waals surface area contributed by atoms with Crippen molar-refractivity contribution < 1.29 is 4.79 Å². The molecule has 0 spiro atoms. The van der Waals surface area contributed by atoms with Crippen molar-refractivity contribution in [3.8, 4) is 0 Å². The van der Waals surface area contributed by atoms with Gasteiger partial charge in [-0.1, -0.05) is 12.1 Å². The van der Waals surface area contributed by atoms with Crippen molar-refractivity contribution in [1.29, 1.82) is 0 Å². The molecule has 1 aromatic carbocycles. The molecule has 80 valence electrons. The summed E-state index contributed by atoms with van der Waals surface area (Å²) in [5, 5.41) is 5.78. The molecule has 1 aromatic rings. The van der Waals surface area contributed by atoms with Crippen LogP contribution >= 0.6 is 28.1 Å². The van der Waals surface area contributed by atoms with Gasteiger partial charge in [-0.05, 0) is 47.2 Å². The maximum Gasteiger partial charge on any atom is 0.258 e. The molecular weight excluding hydrogens is 276 g/mol. The van der Waals surface area contributed by atoms with Gasteiger partial charge in [0.1, 0.15) is 0 Å². The normalized spacial score (nSPS) is 9.47. The van der Waals surface area contributed by atoms with E-state index in [-0.39, 0.29) is 5.91 Å². The number of carbonyl (C=O) groups excluding carboxylic acids is 1. The van der Waals surface area contributed by atoms with Gasteiger partial charge < -0.3 is 5.32 Å². The Morgan fingerprint density at radius 2 is 2.13 bits per heavy atom. The minimum absolute atomic E-state index is 0.214. The van der Waals surface area contributed by atoms with Crippen molar-refractivity contribution in [3.63, 3.8) is 0 Å². The van der Waals surface area contributed by atoms with E-state index in [4.69, 9.17) is 12.2 Å². The third-order valence-corrected chi connectivity index (χ3v) is 2.62. The molecule has 0 saturated carbocycles. The number of halogens is 1. The van der Waals surface area contributed by atoms with Gasteiger partial charge in [-0.15, -0.1) is 0 Å². The van der Waals surface area contributed by atoms with Crippen molar-refractivity contribution >= 4 is 39.2 Å². The first-order valence-corrected chi connectivity index (χ1v) is 5.69. The second-order valence-corrected chi connectivity index (χ2v) is 4.06. The highest BCUT2D eigenvalue weighted by Gasteiger charge is 2.09. The third-order valence-electron chi connectivity index (χ3n) is 1.68. The fourth-order valence-corrected chi connectivity index (χ4v) is 1.72. The van der Waals surface area contributed by atoms with Crippen LogP contribution in [0.5, 0.6) is 0 Å². The number of benzene rings is 1. The summed E-state index contributed by atoms with van der Waals surface area (Å²) >= 11 is 8.22. The van der Waals surface area contributed by atoms with Gasteiger partial charge in [-0.3, -0.25) is 10.1 Å². The Hall–Kier alpha value is -0.940. The van der Waals surface area contributed by atoms with E-state index >= 15 is 0 Å². The molecule has 0 unspecified atom stereocenters. The van der Waals surface area contributed by atoms with Gasteiger partial charge in [0.15, 0.2) is 5.11 Å². The van der Waals surface area contributed by atoms with Crippen LogP contribution in [0.15, 0.2) is 28.7 Å². The molecule has 0 atom stereocenters. The fraction of sp³-hybridized carbons (Fsp3) is 0.200. The summed E-state index contributed by atoms with van der Waals surface area (Å²) < 4.78 is 0.752. The molecule has 2 N–H and O–H groups in total. The van der Waals surface area contributed by atoms with Gasteiger partial charge in [-0.25, -0.2) is 0 Å². The third kappa shape index (κ3) is 3.60. The number of nitrogens with one attached hydrogen (secondary N) is 2. The first kappa shape index (κ1) is 12.1. The Labute approximate surface area is 102 Å². The van der Waals surface area contributed by atoms with Crippen LogP contribution in [0.25, 0.3) is 0 Å². The second kappa shape index (κ2) is 5.82. The van der Waals surface area contributed by atoms with Crippen LogP contribution < -0.4 is 10.6 Å². The van der Waals surface area contributed by atoms with E-state index < -0.39 is 0 Å². The molecule has 0 heterocycles. The van der Waals surface area contributed by atoms with Gasteiger partial charge in [0, 0.05) is 11.0 Å². The van der Waals surface area contributed by atoms with Gasteiger partial charge in [0.2, 0.25) is 0 Å². The maximum atomic E-state index is 11.7.